The highest BCUT2D eigenvalue weighted by molar-refractivity contribution is 7.89. The first-order valence-corrected chi connectivity index (χ1v) is 12.0. The Kier molecular flexibility index (Phi) is 9.15. The summed E-state index contributed by atoms with van der Waals surface area (Å²) in [4.78, 5) is 12.8. The zero-order valence-corrected chi connectivity index (χ0v) is 19.6. The first-order valence-electron chi connectivity index (χ1n) is 10.4. The van der Waals surface area contributed by atoms with Gasteiger partial charge in [-0.25, -0.2) is 8.42 Å². The van der Waals surface area contributed by atoms with Crippen molar-refractivity contribution >= 4 is 21.6 Å². The maximum absolute atomic E-state index is 13.0. The molecule has 2 unspecified atom stereocenters. The number of nitrogens with one attached hydrogen (secondary N) is 1. The monoisotopic (exact) mass is 410 g/mol. The predicted octanol–water partition coefficient (Wildman–Crippen LogP) is 5.10. The summed E-state index contributed by atoms with van der Waals surface area (Å²) in [6.07, 6.45) is 1.41. The van der Waals surface area contributed by atoms with Gasteiger partial charge in [0.2, 0.25) is 15.9 Å². The highest BCUT2D eigenvalue weighted by Gasteiger charge is 2.32. The second-order valence-electron chi connectivity index (χ2n) is 8.27. The lowest BCUT2D eigenvalue weighted by molar-refractivity contribution is -0.114. The van der Waals surface area contributed by atoms with Crippen molar-refractivity contribution in [2.24, 2.45) is 0 Å². The van der Waals surface area contributed by atoms with Gasteiger partial charge in [0.05, 0.1) is 0 Å². The van der Waals surface area contributed by atoms with Gasteiger partial charge in [0.1, 0.15) is 5.75 Å². The number of carbonyl (C=O) groups excluding carboxylic acids is 1. The number of hydrogen-bond acceptors (Lipinski definition) is 3. The molecule has 1 amide bonds. The van der Waals surface area contributed by atoms with Gasteiger partial charge in [-0.2, -0.15) is 4.31 Å². The lowest BCUT2D eigenvalue weighted by Gasteiger charge is -2.32. The number of rotatable bonds is 10. The second kappa shape index (κ2) is 10.4. The zero-order chi connectivity index (χ0) is 21.6. The Morgan fingerprint density at radius 2 is 1.36 bits per heavy atom. The molecule has 160 valence electrons. The van der Waals surface area contributed by atoms with Crippen LogP contribution in [0.5, 0.6) is 0 Å². The highest BCUT2D eigenvalue weighted by Crippen LogP contribution is 2.32. The maximum atomic E-state index is 13.0. The molecular weight excluding hydrogens is 372 g/mol. The number of amides is 1. The Balaban J connectivity index is 3.18. The Labute approximate surface area is 172 Å². The molecule has 28 heavy (non-hydrogen) atoms. The van der Waals surface area contributed by atoms with Crippen LogP contribution in [0.15, 0.2) is 18.2 Å². The quantitative estimate of drug-likeness (QED) is 0.583. The number of benzene rings is 1. The van der Waals surface area contributed by atoms with E-state index in [1.165, 1.54) is 4.31 Å². The highest BCUT2D eigenvalue weighted by atomic mass is 32.2. The van der Waals surface area contributed by atoms with E-state index in [-0.39, 0.29) is 23.9 Å². The topological polar surface area (TPSA) is 66.5 Å². The second-order valence-corrected chi connectivity index (χ2v) is 10.1. The van der Waals surface area contributed by atoms with Gasteiger partial charge in [-0.3, -0.25) is 4.79 Å². The maximum Gasteiger partial charge on any atom is 0.241 e. The molecule has 0 aromatic heterocycles. The van der Waals surface area contributed by atoms with Crippen LogP contribution < -0.4 is 5.32 Å². The van der Waals surface area contributed by atoms with E-state index in [2.05, 4.69) is 33.0 Å². The lowest BCUT2D eigenvalue weighted by Crippen LogP contribution is -2.47. The van der Waals surface area contributed by atoms with Crippen LogP contribution in [0.25, 0.3) is 0 Å². The summed E-state index contributed by atoms with van der Waals surface area (Å²) in [7, 11) is -3.71. The molecule has 1 rings (SSSR count). The number of sulfonamides is 1. The summed E-state index contributed by atoms with van der Waals surface area (Å²) in [5.41, 5.74) is 2.81. The fourth-order valence-electron chi connectivity index (χ4n) is 3.45. The number of nitrogens with zero attached hydrogens (tertiary/aromatic N) is 1. The minimum absolute atomic E-state index is 0.137. The van der Waals surface area contributed by atoms with Crippen molar-refractivity contribution < 1.29 is 13.2 Å². The van der Waals surface area contributed by atoms with Crippen LogP contribution in [0.4, 0.5) is 5.69 Å². The van der Waals surface area contributed by atoms with Crippen LogP contribution in [0.3, 0.4) is 0 Å². The summed E-state index contributed by atoms with van der Waals surface area (Å²) in [5, 5.41) is 2.92. The third-order valence-electron chi connectivity index (χ3n) is 5.32. The molecule has 5 nitrogen and oxygen atoms in total. The number of carbonyl (C=O) groups is 1. The van der Waals surface area contributed by atoms with Crippen molar-refractivity contribution in [3.63, 3.8) is 0 Å². The number of hydrogen-bond donors (Lipinski definition) is 1. The van der Waals surface area contributed by atoms with Crippen molar-refractivity contribution in [3.8, 4) is 0 Å². The molecule has 1 aromatic carbocycles. The van der Waals surface area contributed by atoms with E-state index in [4.69, 9.17) is 0 Å². The van der Waals surface area contributed by atoms with E-state index in [1.807, 2.05) is 45.9 Å². The number of para-hydroxylation sites is 1. The van der Waals surface area contributed by atoms with Crippen molar-refractivity contribution in [1.29, 1.82) is 0 Å². The van der Waals surface area contributed by atoms with E-state index in [0.717, 1.165) is 16.8 Å². The van der Waals surface area contributed by atoms with Gasteiger partial charge >= 0.3 is 0 Å². The van der Waals surface area contributed by atoms with E-state index in [0.29, 0.717) is 12.8 Å². The molecule has 0 bridgehead atoms. The molecule has 0 spiro atoms. The first kappa shape index (κ1) is 24.6. The smallest absolute Gasteiger partial charge is 0.241 e. The largest absolute Gasteiger partial charge is 0.325 e. The van der Waals surface area contributed by atoms with E-state index < -0.39 is 21.7 Å². The Morgan fingerprint density at radius 1 is 0.929 bits per heavy atom. The lowest BCUT2D eigenvalue weighted by atomic mass is 9.92. The normalized spacial score (nSPS) is 14.5. The van der Waals surface area contributed by atoms with Crippen LogP contribution in [-0.2, 0) is 14.8 Å². The van der Waals surface area contributed by atoms with E-state index in [9.17, 15) is 13.2 Å². The Bertz CT molecular complexity index is 721. The fraction of sp³-hybridized carbons (Fsp3) is 0.682. The summed E-state index contributed by atoms with van der Waals surface area (Å²) in [6.45, 7) is 16.0. The molecule has 6 heteroatoms. The summed E-state index contributed by atoms with van der Waals surface area (Å²) in [5.74, 6) is -0.567. The van der Waals surface area contributed by atoms with Crippen LogP contribution in [-0.4, -0.2) is 36.5 Å². The molecule has 0 aliphatic rings. The average molecular weight is 411 g/mol. The fourth-order valence-corrected chi connectivity index (χ4v) is 5.40. The van der Waals surface area contributed by atoms with E-state index in [1.54, 1.807) is 0 Å². The van der Waals surface area contributed by atoms with Gasteiger partial charge in [0.25, 0.3) is 0 Å². The van der Waals surface area contributed by atoms with Crippen LogP contribution >= 0.6 is 0 Å². The van der Waals surface area contributed by atoms with Gasteiger partial charge in [0.15, 0.2) is 0 Å². The Morgan fingerprint density at radius 3 is 1.71 bits per heavy atom. The molecule has 0 radical (unpaired) electrons. The molecular formula is C22H38N2O3S. The summed E-state index contributed by atoms with van der Waals surface area (Å²) in [6, 6.07) is 5.70. The summed E-state index contributed by atoms with van der Waals surface area (Å²) < 4.78 is 27.6. The van der Waals surface area contributed by atoms with Crippen molar-refractivity contribution in [3.05, 3.63) is 29.3 Å². The first-order chi connectivity index (χ1) is 13.0. The van der Waals surface area contributed by atoms with Crippen molar-refractivity contribution in [1.82, 2.24) is 4.31 Å². The molecule has 1 N–H and O–H groups in total. The zero-order valence-electron chi connectivity index (χ0n) is 18.7. The molecule has 0 fully saturated rings. The van der Waals surface area contributed by atoms with Gasteiger partial charge < -0.3 is 5.32 Å². The number of anilines is 1. The summed E-state index contributed by atoms with van der Waals surface area (Å²) >= 11 is 0. The minimum atomic E-state index is -3.71. The van der Waals surface area contributed by atoms with Crippen LogP contribution in [0.1, 0.15) is 91.2 Å². The van der Waals surface area contributed by atoms with Crippen LogP contribution in [0, 0.1) is 0 Å². The van der Waals surface area contributed by atoms with Crippen LogP contribution in [0.2, 0.25) is 0 Å². The predicted molar refractivity (Wildman–Crippen MR) is 118 cm³/mol. The van der Waals surface area contributed by atoms with Gasteiger partial charge in [-0.05, 0) is 49.7 Å². The van der Waals surface area contributed by atoms with Gasteiger partial charge in [-0.15, -0.1) is 0 Å². The SMILES string of the molecule is CCC(C)N(C(C)CC)S(=O)(=O)CC(=O)Nc1c(C(C)C)cccc1C(C)C. The van der Waals surface area contributed by atoms with Gasteiger partial charge in [0, 0.05) is 17.8 Å². The molecule has 0 aliphatic carbocycles. The standard InChI is InChI=1S/C22H38N2O3S/c1-9-17(7)24(18(8)10-2)28(26,27)14-21(25)23-22-19(15(3)4)12-11-13-20(22)16(5)6/h11-13,15-18H,9-10,14H2,1-8H3,(H,23,25). The third-order valence-corrected chi connectivity index (χ3v) is 7.31. The molecule has 0 heterocycles. The minimum Gasteiger partial charge on any atom is -0.325 e. The van der Waals surface area contributed by atoms with E-state index >= 15 is 0 Å². The third kappa shape index (κ3) is 6.05. The van der Waals surface area contributed by atoms with Crippen molar-refractivity contribution in [2.45, 2.75) is 92.2 Å². The molecule has 2 atom stereocenters. The molecule has 1 aromatic rings. The molecule has 0 saturated heterocycles. The molecule has 0 aliphatic heterocycles. The average Bonchev–Trinajstić information content (AvgIpc) is 2.60. The van der Waals surface area contributed by atoms with Crippen molar-refractivity contribution in [2.75, 3.05) is 11.1 Å². The Hall–Kier alpha value is -1.40. The molecule has 0 saturated carbocycles. The van der Waals surface area contributed by atoms with Gasteiger partial charge in [-0.1, -0.05) is 59.7 Å².